The number of nitrogens with one attached hydrogen (secondary N) is 1. The largest absolute Gasteiger partial charge is 0.473 e. The summed E-state index contributed by atoms with van der Waals surface area (Å²) in [6.45, 7) is 3.30. The highest BCUT2D eigenvalue weighted by Crippen LogP contribution is 2.30. The number of carbonyl (C=O) groups excluding carboxylic acids is 3. The Kier molecular flexibility index (Phi) is 11.1. The van der Waals surface area contributed by atoms with Gasteiger partial charge in [0.1, 0.15) is 24.3 Å². The van der Waals surface area contributed by atoms with Crippen LogP contribution in [0.3, 0.4) is 0 Å². The van der Waals surface area contributed by atoms with Gasteiger partial charge in [-0.1, -0.05) is 12.1 Å². The summed E-state index contributed by atoms with van der Waals surface area (Å²) in [6.07, 6.45) is 2.06. The van der Waals surface area contributed by atoms with Gasteiger partial charge in [-0.3, -0.25) is 14.5 Å². The summed E-state index contributed by atoms with van der Waals surface area (Å²) < 4.78 is 32.9. The van der Waals surface area contributed by atoms with Crippen LogP contribution in [0.4, 0.5) is 4.39 Å². The molecule has 2 N–H and O–H groups in total. The fourth-order valence-electron chi connectivity index (χ4n) is 7.30. The lowest BCUT2D eigenvalue weighted by Crippen LogP contribution is -2.46. The number of β-amino-alcohol motifs (C(OH)–C–C–N with tert-alkyl or cyclic N) is 1. The van der Waals surface area contributed by atoms with Gasteiger partial charge in [0.15, 0.2) is 0 Å². The highest BCUT2D eigenvalue weighted by molar-refractivity contribution is 5.99. The number of benzene rings is 2. The third-order valence-corrected chi connectivity index (χ3v) is 10.4. The molecule has 0 spiro atoms. The van der Waals surface area contributed by atoms with Crippen LogP contribution < -0.4 is 10.1 Å². The standard InChI is InChI=1S/C39H42FN7O7/c1-52-39(51)34-17-28(48)20-47(34)37(49)19-42-38(50)26-7-8-33-32(16-26)43-35(46(33)21-29-11-14-53-29)22-45-12-9-25(10-13-45)31-3-2-4-36(44-31)54-23-27-6-5-24(18-41)15-30(27)40/h2-8,15-16,25,28-29,34,48H,9-14,17,19-23H2,1H3,(H,42,50)/t28-,29-,34-/m0/s1. The minimum absolute atomic E-state index is 0.00661. The van der Waals surface area contributed by atoms with E-state index in [1.165, 1.54) is 18.1 Å². The Morgan fingerprint density at radius 1 is 1.09 bits per heavy atom. The van der Waals surface area contributed by atoms with E-state index < -0.39 is 35.7 Å². The molecule has 4 aromatic rings. The number of ether oxygens (including phenoxy) is 3. The van der Waals surface area contributed by atoms with Crippen LogP contribution in [0.15, 0.2) is 54.6 Å². The molecule has 3 fully saturated rings. The second kappa shape index (κ2) is 16.3. The normalized spacial score (nSPS) is 20.3. The van der Waals surface area contributed by atoms with Crippen molar-refractivity contribution >= 4 is 28.8 Å². The van der Waals surface area contributed by atoms with E-state index >= 15 is 0 Å². The van der Waals surface area contributed by atoms with Crippen LogP contribution in [0.2, 0.25) is 0 Å². The van der Waals surface area contributed by atoms with Crippen molar-refractivity contribution in [2.75, 3.05) is 39.9 Å². The molecule has 3 saturated heterocycles. The maximum Gasteiger partial charge on any atom is 0.328 e. The molecule has 2 aromatic heterocycles. The third-order valence-electron chi connectivity index (χ3n) is 10.4. The van der Waals surface area contributed by atoms with Crippen LogP contribution in [0.25, 0.3) is 11.0 Å². The Morgan fingerprint density at radius 3 is 2.63 bits per heavy atom. The molecule has 14 nitrogen and oxygen atoms in total. The first kappa shape index (κ1) is 36.9. The van der Waals surface area contributed by atoms with Gasteiger partial charge >= 0.3 is 5.97 Å². The van der Waals surface area contributed by atoms with Crippen LogP contribution in [0.1, 0.15) is 64.6 Å². The average molecular weight is 740 g/mol. The van der Waals surface area contributed by atoms with Crippen LogP contribution in [-0.2, 0) is 38.8 Å². The minimum Gasteiger partial charge on any atom is -0.473 e. The van der Waals surface area contributed by atoms with Crippen molar-refractivity contribution in [3.05, 3.63) is 88.6 Å². The first-order chi connectivity index (χ1) is 26.2. The zero-order valence-corrected chi connectivity index (χ0v) is 29.9. The number of hydrogen-bond acceptors (Lipinski definition) is 11. The van der Waals surface area contributed by atoms with Crippen LogP contribution >= 0.6 is 0 Å². The summed E-state index contributed by atoms with van der Waals surface area (Å²) in [5.41, 5.74) is 3.43. The zero-order chi connectivity index (χ0) is 37.8. The van der Waals surface area contributed by atoms with E-state index in [2.05, 4.69) is 14.8 Å². The van der Waals surface area contributed by atoms with Crippen molar-refractivity contribution < 1.29 is 38.1 Å². The number of nitriles is 1. The monoisotopic (exact) mass is 739 g/mol. The second-order valence-corrected chi connectivity index (χ2v) is 13.9. The van der Waals surface area contributed by atoms with Crippen LogP contribution in [-0.4, -0.2) is 105 Å². The topological polar surface area (TPSA) is 172 Å². The Hall–Kier alpha value is -5.43. The molecular formula is C39H42FN7O7. The maximum absolute atomic E-state index is 14.4. The highest BCUT2D eigenvalue weighted by Gasteiger charge is 2.39. The second-order valence-electron chi connectivity index (χ2n) is 13.9. The predicted octanol–water partition coefficient (Wildman–Crippen LogP) is 3.05. The molecular weight excluding hydrogens is 697 g/mol. The van der Waals surface area contributed by atoms with Crippen molar-refractivity contribution in [3.8, 4) is 11.9 Å². The lowest BCUT2D eigenvalue weighted by atomic mass is 9.93. The Morgan fingerprint density at radius 2 is 1.91 bits per heavy atom. The Balaban J connectivity index is 0.978. The van der Waals surface area contributed by atoms with Gasteiger partial charge in [0, 0.05) is 48.4 Å². The molecule has 0 saturated carbocycles. The van der Waals surface area contributed by atoms with Crippen molar-refractivity contribution in [2.45, 2.75) is 69.5 Å². The molecule has 0 aliphatic carbocycles. The predicted molar refractivity (Wildman–Crippen MR) is 191 cm³/mol. The van der Waals surface area contributed by atoms with Gasteiger partial charge in [0.2, 0.25) is 11.8 Å². The minimum atomic E-state index is -0.888. The molecule has 0 unspecified atom stereocenters. The number of fused-ring (bicyclic) bond motifs is 1. The number of halogens is 1. The first-order valence-corrected chi connectivity index (χ1v) is 18.1. The zero-order valence-electron chi connectivity index (χ0n) is 29.9. The van der Waals surface area contributed by atoms with Gasteiger partial charge in [0.05, 0.1) is 61.6 Å². The number of nitrogens with zero attached hydrogens (tertiary/aromatic N) is 6. The van der Waals surface area contributed by atoms with E-state index in [1.54, 1.807) is 30.3 Å². The van der Waals surface area contributed by atoms with E-state index in [0.717, 1.165) is 56.0 Å². The molecule has 54 heavy (non-hydrogen) atoms. The fraction of sp³-hybridized carbons (Fsp3) is 0.436. The van der Waals surface area contributed by atoms with Gasteiger partial charge in [-0.2, -0.15) is 5.26 Å². The molecule has 7 rings (SSSR count). The van der Waals surface area contributed by atoms with E-state index in [-0.39, 0.29) is 43.7 Å². The molecule has 15 heteroatoms. The number of likely N-dealkylation sites (tertiary alicyclic amines) is 2. The number of imidazole rings is 1. The number of amides is 2. The third kappa shape index (κ3) is 8.20. The summed E-state index contributed by atoms with van der Waals surface area (Å²) in [7, 11) is 1.23. The number of carbonyl (C=O) groups is 3. The molecule has 2 amide bonds. The van der Waals surface area contributed by atoms with Crippen molar-refractivity contribution in [2.24, 2.45) is 0 Å². The fourth-order valence-corrected chi connectivity index (χ4v) is 7.30. The average Bonchev–Trinajstić information content (AvgIpc) is 3.73. The summed E-state index contributed by atoms with van der Waals surface area (Å²) in [5.74, 6) is -0.512. The van der Waals surface area contributed by atoms with Crippen molar-refractivity contribution in [1.29, 1.82) is 5.26 Å². The highest BCUT2D eigenvalue weighted by atomic mass is 19.1. The van der Waals surface area contributed by atoms with Crippen LogP contribution in [0.5, 0.6) is 5.88 Å². The van der Waals surface area contributed by atoms with E-state index in [1.807, 2.05) is 24.3 Å². The summed E-state index contributed by atoms with van der Waals surface area (Å²) in [4.78, 5) is 51.5. The van der Waals surface area contributed by atoms with Gasteiger partial charge in [0.25, 0.3) is 5.91 Å². The van der Waals surface area contributed by atoms with Crippen molar-refractivity contribution in [3.63, 3.8) is 0 Å². The Bertz CT molecular complexity index is 2070. The summed E-state index contributed by atoms with van der Waals surface area (Å²) >= 11 is 0. The first-order valence-electron chi connectivity index (χ1n) is 18.1. The quantitative estimate of drug-likeness (QED) is 0.205. The smallest absolute Gasteiger partial charge is 0.328 e. The molecule has 3 aliphatic rings. The number of piperidine rings is 1. The molecule has 0 bridgehead atoms. The SMILES string of the molecule is COC(=O)[C@@H]1C[C@H](O)CN1C(=O)CNC(=O)c1ccc2c(c1)nc(CN1CCC(c3cccc(OCc4ccc(C#N)cc4F)n3)CC1)n2C[C@@H]1CCO1. The number of rotatable bonds is 12. The number of hydrogen-bond donors (Lipinski definition) is 2. The number of aliphatic hydroxyl groups is 1. The number of aliphatic hydroxyl groups excluding tert-OH is 1. The van der Waals surface area contributed by atoms with E-state index in [4.69, 9.17) is 29.4 Å². The maximum atomic E-state index is 14.4. The van der Waals surface area contributed by atoms with Gasteiger partial charge < -0.3 is 34.1 Å². The lowest BCUT2D eigenvalue weighted by molar-refractivity contribution is -0.150. The lowest BCUT2D eigenvalue weighted by Gasteiger charge is -2.32. The molecule has 282 valence electrons. The van der Waals surface area contributed by atoms with Crippen molar-refractivity contribution in [1.82, 2.24) is 29.7 Å². The van der Waals surface area contributed by atoms with Crippen LogP contribution in [0, 0.1) is 17.1 Å². The van der Waals surface area contributed by atoms with E-state index in [9.17, 15) is 23.9 Å². The molecule has 5 heterocycles. The molecule has 0 radical (unpaired) electrons. The summed E-state index contributed by atoms with van der Waals surface area (Å²) in [6, 6.07) is 16.3. The summed E-state index contributed by atoms with van der Waals surface area (Å²) in [5, 5.41) is 21.7. The number of aromatic nitrogens is 3. The van der Waals surface area contributed by atoms with Gasteiger partial charge in [-0.15, -0.1) is 0 Å². The number of methoxy groups -OCH3 is 1. The molecule has 2 aromatic carbocycles. The van der Waals surface area contributed by atoms with E-state index in [0.29, 0.717) is 35.6 Å². The number of pyridine rings is 1. The van der Waals surface area contributed by atoms with Gasteiger partial charge in [-0.25, -0.2) is 19.2 Å². The number of esters is 1. The molecule has 3 atom stereocenters. The Labute approximate surface area is 311 Å². The van der Waals surface area contributed by atoms with Gasteiger partial charge in [-0.05, 0) is 68.8 Å². The molecule has 3 aliphatic heterocycles.